The molecule has 2 amide bonds. The normalized spacial score (nSPS) is 17.0. The summed E-state index contributed by atoms with van der Waals surface area (Å²) < 4.78 is 7.20. The maximum Gasteiger partial charge on any atom is 0.414 e. The van der Waals surface area contributed by atoms with Crippen molar-refractivity contribution in [2.24, 2.45) is 0 Å². The number of aliphatic hydroxyl groups is 1. The highest BCUT2D eigenvalue weighted by molar-refractivity contribution is 14.1. The molecule has 2 aromatic rings. The Hall–Kier alpha value is -1.60. The fourth-order valence-corrected chi connectivity index (χ4v) is 4.59. The van der Waals surface area contributed by atoms with Crippen molar-refractivity contribution in [3.8, 4) is 0 Å². The summed E-state index contributed by atoms with van der Waals surface area (Å²) >= 11 is 9.35. The van der Waals surface area contributed by atoms with E-state index in [0.29, 0.717) is 40.9 Å². The molecule has 1 aromatic carbocycles. The van der Waals surface area contributed by atoms with E-state index in [4.69, 9.17) is 16.3 Å². The number of halogens is 2. The van der Waals surface area contributed by atoms with Crippen molar-refractivity contribution in [1.29, 1.82) is 0 Å². The van der Waals surface area contributed by atoms with Gasteiger partial charge in [-0.3, -0.25) is 9.69 Å². The molecule has 0 aliphatic carbocycles. The number of aryl methyl sites for hydroxylation is 1. The second-order valence-corrected chi connectivity index (χ2v) is 9.49. The first-order chi connectivity index (χ1) is 14.8. The number of aromatic nitrogens is 1. The van der Waals surface area contributed by atoms with E-state index in [1.54, 1.807) is 45.2 Å². The molecule has 2 N–H and O–H groups in total. The number of nitrogens with zero attached hydrogens (tertiary/aromatic N) is 3. The van der Waals surface area contributed by atoms with Crippen LogP contribution in [0.15, 0.2) is 36.5 Å². The third kappa shape index (κ3) is 6.22. The van der Waals surface area contributed by atoms with Gasteiger partial charge in [0.25, 0.3) is 5.91 Å². The molecule has 2 heterocycles. The summed E-state index contributed by atoms with van der Waals surface area (Å²) in [6.07, 6.45) is 1.99. The number of cyclic esters (lactones) is 1. The number of carbonyl (C=O) groups excluding carboxylic acids is 2. The number of pyridine rings is 1. The highest BCUT2D eigenvalue weighted by Crippen LogP contribution is 2.26. The van der Waals surface area contributed by atoms with Gasteiger partial charge in [-0.2, -0.15) is 11.8 Å². The van der Waals surface area contributed by atoms with Crippen LogP contribution >= 0.6 is 46.2 Å². The van der Waals surface area contributed by atoms with Gasteiger partial charge in [0.1, 0.15) is 17.5 Å². The van der Waals surface area contributed by atoms with E-state index in [-0.39, 0.29) is 12.0 Å². The molecule has 0 spiro atoms. The second-order valence-electron chi connectivity index (χ2n) is 6.96. The fraction of sp³-hybridized carbons (Fsp3) is 0.350. The Morgan fingerprint density at radius 3 is 2.90 bits per heavy atom. The monoisotopic (exact) mass is 576 g/mol. The standard InChI is InChI=1S/C20H22ClIN4O4S/c1-12-7-14(4-5-16(12)19(28)24-13-3-6-17(21)23-8-13)25-9-15(30-20(25)29)10-26(22)18(27)11-31-2/h3-8,15,18,27H,9-11H2,1-2H3,(H,24,28). The van der Waals surface area contributed by atoms with E-state index in [1.165, 1.54) is 11.1 Å². The van der Waals surface area contributed by atoms with Crippen LogP contribution in [0.2, 0.25) is 5.15 Å². The van der Waals surface area contributed by atoms with Crippen molar-refractivity contribution in [1.82, 2.24) is 8.10 Å². The van der Waals surface area contributed by atoms with Crippen molar-refractivity contribution in [3.63, 3.8) is 0 Å². The highest BCUT2D eigenvalue weighted by atomic mass is 127. The zero-order valence-corrected chi connectivity index (χ0v) is 20.6. The molecule has 0 radical (unpaired) electrons. The van der Waals surface area contributed by atoms with Gasteiger partial charge in [0.2, 0.25) is 0 Å². The van der Waals surface area contributed by atoms with Crippen molar-refractivity contribution in [2.75, 3.05) is 35.3 Å². The van der Waals surface area contributed by atoms with Crippen molar-refractivity contribution >= 4 is 69.6 Å². The molecular formula is C20H22ClIN4O4S. The van der Waals surface area contributed by atoms with Crippen LogP contribution in [0.5, 0.6) is 0 Å². The number of ether oxygens (including phenoxy) is 1. The lowest BCUT2D eigenvalue weighted by Crippen LogP contribution is -2.36. The molecule has 0 saturated carbocycles. The zero-order valence-electron chi connectivity index (χ0n) is 16.9. The van der Waals surface area contributed by atoms with Gasteiger partial charge >= 0.3 is 6.09 Å². The van der Waals surface area contributed by atoms with Crippen LogP contribution in [0.3, 0.4) is 0 Å². The first kappa shape index (κ1) is 24.1. The number of hydrogen-bond donors (Lipinski definition) is 2. The van der Waals surface area contributed by atoms with Crippen LogP contribution in [0.4, 0.5) is 16.2 Å². The molecule has 1 saturated heterocycles. The van der Waals surface area contributed by atoms with Gasteiger partial charge in [0, 0.05) is 46.4 Å². The Morgan fingerprint density at radius 1 is 1.48 bits per heavy atom. The number of aliphatic hydroxyl groups excluding tert-OH is 1. The molecule has 0 bridgehead atoms. The van der Waals surface area contributed by atoms with Gasteiger partial charge in [-0.05, 0) is 49.1 Å². The third-order valence-corrected chi connectivity index (χ3v) is 6.53. The molecule has 31 heavy (non-hydrogen) atoms. The number of benzene rings is 1. The minimum atomic E-state index is -0.612. The van der Waals surface area contributed by atoms with Gasteiger partial charge in [0.15, 0.2) is 0 Å². The molecule has 1 aromatic heterocycles. The molecule has 8 nitrogen and oxygen atoms in total. The molecule has 2 unspecified atom stereocenters. The largest absolute Gasteiger partial charge is 0.443 e. The lowest BCUT2D eigenvalue weighted by atomic mass is 10.1. The molecule has 1 fully saturated rings. The van der Waals surface area contributed by atoms with E-state index in [1.807, 2.05) is 36.0 Å². The van der Waals surface area contributed by atoms with Crippen LogP contribution in [-0.4, -0.2) is 62.6 Å². The Balaban J connectivity index is 1.65. The van der Waals surface area contributed by atoms with Crippen molar-refractivity contribution in [2.45, 2.75) is 19.3 Å². The van der Waals surface area contributed by atoms with Gasteiger partial charge in [-0.1, -0.05) is 11.6 Å². The second kappa shape index (κ2) is 10.8. The maximum atomic E-state index is 12.6. The van der Waals surface area contributed by atoms with Gasteiger partial charge in [-0.25, -0.2) is 12.9 Å². The van der Waals surface area contributed by atoms with Crippen molar-refractivity contribution < 1.29 is 19.4 Å². The van der Waals surface area contributed by atoms with E-state index in [2.05, 4.69) is 10.3 Å². The Kier molecular flexibility index (Phi) is 8.39. The van der Waals surface area contributed by atoms with Crippen LogP contribution in [0.1, 0.15) is 15.9 Å². The average Bonchev–Trinajstić information content (AvgIpc) is 3.09. The first-order valence-corrected chi connectivity index (χ1v) is 12.1. The van der Waals surface area contributed by atoms with Crippen LogP contribution in [0.25, 0.3) is 0 Å². The van der Waals surface area contributed by atoms with Crippen LogP contribution < -0.4 is 10.2 Å². The molecule has 1 aliphatic heterocycles. The Labute approximate surface area is 203 Å². The van der Waals surface area contributed by atoms with E-state index < -0.39 is 12.3 Å². The molecule has 1 aliphatic rings. The number of carbonyl (C=O) groups is 2. The summed E-state index contributed by atoms with van der Waals surface area (Å²) in [5.74, 6) is 0.292. The zero-order chi connectivity index (χ0) is 22.5. The number of thioether (sulfide) groups is 1. The van der Waals surface area contributed by atoms with Gasteiger partial charge in [-0.15, -0.1) is 0 Å². The SMILES string of the molecule is CSCC(O)N(I)CC1CN(c2ccc(C(=O)Nc3ccc(Cl)nc3)c(C)c2)C(=O)O1. The minimum Gasteiger partial charge on any atom is -0.443 e. The number of hydrogen-bond acceptors (Lipinski definition) is 7. The number of rotatable bonds is 8. The molecule has 2 atom stereocenters. The van der Waals surface area contributed by atoms with Crippen LogP contribution in [0, 0.1) is 6.92 Å². The summed E-state index contributed by atoms with van der Waals surface area (Å²) in [5, 5.41) is 13.2. The lowest BCUT2D eigenvalue weighted by Gasteiger charge is -2.22. The summed E-state index contributed by atoms with van der Waals surface area (Å²) in [4.78, 5) is 30.5. The Bertz CT molecular complexity index is 949. The molecule has 3 rings (SSSR count). The molecule has 166 valence electrons. The van der Waals surface area contributed by atoms with Crippen LogP contribution in [-0.2, 0) is 4.74 Å². The predicted octanol–water partition coefficient (Wildman–Crippen LogP) is 3.95. The first-order valence-electron chi connectivity index (χ1n) is 9.39. The molecular weight excluding hydrogens is 555 g/mol. The third-order valence-electron chi connectivity index (χ3n) is 4.64. The number of anilines is 2. The quantitative estimate of drug-likeness (QED) is 0.213. The van der Waals surface area contributed by atoms with E-state index in [9.17, 15) is 14.7 Å². The summed E-state index contributed by atoms with van der Waals surface area (Å²) in [7, 11) is 0. The van der Waals surface area contributed by atoms with E-state index in [0.717, 1.165) is 5.56 Å². The summed E-state index contributed by atoms with van der Waals surface area (Å²) in [6, 6.07) is 8.44. The van der Waals surface area contributed by atoms with Gasteiger partial charge < -0.3 is 15.2 Å². The average molecular weight is 577 g/mol. The Morgan fingerprint density at radius 2 is 2.26 bits per heavy atom. The highest BCUT2D eigenvalue weighted by Gasteiger charge is 2.34. The minimum absolute atomic E-state index is 0.279. The van der Waals surface area contributed by atoms with E-state index >= 15 is 0 Å². The summed E-state index contributed by atoms with van der Waals surface area (Å²) in [6.45, 7) is 2.59. The predicted molar refractivity (Wildman–Crippen MR) is 131 cm³/mol. The number of amides is 2. The topological polar surface area (TPSA) is 95.0 Å². The molecule has 11 heteroatoms. The smallest absolute Gasteiger partial charge is 0.414 e. The summed E-state index contributed by atoms with van der Waals surface area (Å²) in [5.41, 5.74) is 2.40. The van der Waals surface area contributed by atoms with Gasteiger partial charge in [0.05, 0.1) is 18.4 Å². The number of nitrogens with one attached hydrogen (secondary N) is 1. The fourth-order valence-electron chi connectivity index (χ4n) is 3.09. The maximum absolute atomic E-state index is 12.6. The van der Waals surface area contributed by atoms with Crippen molar-refractivity contribution in [3.05, 3.63) is 52.8 Å². The lowest BCUT2D eigenvalue weighted by molar-refractivity contribution is 0.0701.